The molecule has 0 aromatic heterocycles. The third kappa shape index (κ3) is 4.50. The molecule has 26 heavy (non-hydrogen) atoms. The van der Waals surface area contributed by atoms with Crippen LogP contribution >= 0.6 is 0 Å². The Kier molecular flexibility index (Phi) is 6.20. The van der Waals surface area contributed by atoms with E-state index in [-0.39, 0.29) is 17.8 Å². The van der Waals surface area contributed by atoms with Crippen molar-refractivity contribution in [3.63, 3.8) is 0 Å². The molecule has 0 saturated heterocycles. The number of nitrogen functional groups attached to an aromatic ring is 1. The zero-order valence-corrected chi connectivity index (χ0v) is 15.7. The molecule has 0 radical (unpaired) electrons. The van der Waals surface area contributed by atoms with Gasteiger partial charge in [-0.25, -0.2) is 21.5 Å². The van der Waals surface area contributed by atoms with Gasteiger partial charge in [0.25, 0.3) is 0 Å². The van der Waals surface area contributed by atoms with E-state index in [2.05, 4.69) is 0 Å². The van der Waals surface area contributed by atoms with Crippen LogP contribution in [0, 0.1) is 11.6 Å². The number of methoxy groups -OCH3 is 1. The molecule has 0 aliphatic heterocycles. The van der Waals surface area contributed by atoms with E-state index < -0.39 is 33.3 Å². The summed E-state index contributed by atoms with van der Waals surface area (Å²) in [5.41, 5.74) is 5.71. The predicted molar refractivity (Wildman–Crippen MR) is 97.4 cm³/mol. The first-order valence-corrected chi connectivity index (χ1v) is 9.57. The fraction of sp³-hybridized carbons (Fsp3) is 0.333. The van der Waals surface area contributed by atoms with Crippen LogP contribution in [0.1, 0.15) is 24.0 Å². The summed E-state index contributed by atoms with van der Waals surface area (Å²) in [7, 11) is -0.768. The Morgan fingerprint density at radius 1 is 1.15 bits per heavy atom. The van der Waals surface area contributed by atoms with Crippen molar-refractivity contribution >= 4 is 15.7 Å². The number of nitrogens with two attached hydrogens (primary N) is 1. The van der Waals surface area contributed by atoms with E-state index in [0.29, 0.717) is 5.75 Å². The van der Waals surface area contributed by atoms with Gasteiger partial charge in [0, 0.05) is 25.1 Å². The lowest BCUT2D eigenvalue weighted by atomic mass is 10.0. The molecule has 5 nitrogen and oxygen atoms in total. The molecule has 0 fully saturated rings. The standard InChI is InChI=1S/C18H22F2N2O3S/c1-12(17-15(19)8-9-16(21)18(17)20)11-26(23,24)22(2)10-13-4-6-14(25-3)7-5-13/h4-9,12H,10-11,21H2,1-3H3/t12-/m1/s1. The first kappa shape index (κ1) is 20.1. The summed E-state index contributed by atoms with van der Waals surface area (Å²) in [5.74, 6) is -2.37. The molecule has 2 N–H and O–H groups in total. The maximum absolute atomic E-state index is 14.1. The molecular formula is C18H22F2N2O3S. The summed E-state index contributed by atoms with van der Waals surface area (Å²) >= 11 is 0. The molecule has 0 bridgehead atoms. The summed E-state index contributed by atoms with van der Waals surface area (Å²) in [6.45, 7) is 1.60. The van der Waals surface area contributed by atoms with Crippen LogP contribution in [0.25, 0.3) is 0 Å². The molecule has 2 aromatic rings. The molecule has 0 saturated carbocycles. The second-order valence-corrected chi connectivity index (χ2v) is 8.27. The van der Waals surface area contributed by atoms with Crippen LogP contribution in [-0.4, -0.2) is 32.6 Å². The van der Waals surface area contributed by atoms with E-state index in [1.54, 1.807) is 31.4 Å². The third-order valence-electron chi connectivity index (χ3n) is 4.15. The number of benzene rings is 2. The lowest BCUT2D eigenvalue weighted by molar-refractivity contribution is 0.414. The van der Waals surface area contributed by atoms with E-state index in [4.69, 9.17) is 10.5 Å². The molecule has 0 heterocycles. The molecule has 0 aliphatic rings. The minimum Gasteiger partial charge on any atom is -0.497 e. The maximum atomic E-state index is 14.1. The van der Waals surface area contributed by atoms with Crippen molar-refractivity contribution in [2.75, 3.05) is 25.6 Å². The van der Waals surface area contributed by atoms with Gasteiger partial charge in [-0.1, -0.05) is 19.1 Å². The number of rotatable bonds is 7. The number of sulfonamides is 1. The van der Waals surface area contributed by atoms with E-state index >= 15 is 0 Å². The second kappa shape index (κ2) is 8.01. The number of halogens is 2. The number of ether oxygens (including phenoxy) is 1. The Balaban J connectivity index is 2.15. The fourth-order valence-corrected chi connectivity index (χ4v) is 4.05. The Bertz CT molecular complexity index is 871. The SMILES string of the molecule is COc1ccc(CN(C)S(=O)(=O)C[C@@H](C)c2c(F)ccc(N)c2F)cc1. The largest absolute Gasteiger partial charge is 0.497 e. The number of nitrogens with zero attached hydrogens (tertiary/aromatic N) is 1. The van der Waals surface area contributed by atoms with Crippen molar-refractivity contribution in [2.45, 2.75) is 19.4 Å². The van der Waals surface area contributed by atoms with Crippen molar-refractivity contribution in [2.24, 2.45) is 0 Å². The van der Waals surface area contributed by atoms with Crippen molar-refractivity contribution in [3.8, 4) is 5.75 Å². The molecule has 8 heteroatoms. The molecule has 2 aromatic carbocycles. The topological polar surface area (TPSA) is 72.6 Å². The van der Waals surface area contributed by atoms with Crippen molar-refractivity contribution in [3.05, 3.63) is 59.2 Å². The van der Waals surface area contributed by atoms with Gasteiger partial charge in [0.05, 0.1) is 18.6 Å². The number of hydrogen-bond acceptors (Lipinski definition) is 4. The van der Waals surface area contributed by atoms with Gasteiger partial charge < -0.3 is 10.5 Å². The van der Waals surface area contributed by atoms with E-state index in [9.17, 15) is 17.2 Å². The summed E-state index contributed by atoms with van der Waals surface area (Å²) in [4.78, 5) is 0. The normalized spacial score (nSPS) is 13.0. The monoisotopic (exact) mass is 384 g/mol. The highest BCUT2D eigenvalue weighted by Crippen LogP contribution is 2.28. The lowest BCUT2D eigenvalue weighted by Crippen LogP contribution is -2.31. The molecule has 0 spiro atoms. The smallest absolute Gasteiger partial charge is 0.214 e. The highest BCUT2D eigenvalue weighted by molar-refractivity contribution is 7.89. The molecule has 0 aliphatic carbocycles. The zero-order chi connectivity index (χ0) is 19.5. The Morgan fingerprint density at radius 3 is 2.35 bits per heavy atom. The van der Waals surface area contributed by atoms with Gasteiger partial charge in [-0.05, 0) is 29.8 Å². The van der Waals surface area contributed by atoms with Gasteiger partial charge in [-0.3, -0.25) is 0 Å². The number of hydrogen-bond donors (Lipinski definition) is 1. The van der Waals surface area contributed by atoms with Gasteiger partial charge in [-0.15, -0.1) is 0 Å². The molecular weight excluding hydrogens is 362 g/mol. The van der Waals surface area contributed by atoms with E-state index in [1.165, 1.54) is 14.0 Å². The van der Waals surface area contributed by atoms with Gasteiger partial charge in [-0.2, -0.15) is 0 Å². The average Bonchev–Trinajstić information content (AvgIpc) is 2.58. The predicted octanol–water partition coefficient (Wildman–Crippen LogP) is 3.12. The highest BCUT2D eigenvalue weighted by atomic mass is 32.2. The molecule has 0 unspecified atom stereocenters. The lowest BCUT2D eigenvalue weighted by Gasteiger charge is -2.21. The Morgan fingerprint density at radius 2 is 1.77 bits per heavy atom. The molecule has 0 amide bonds. The first-order valence-electron chi connectivity index (χ1n) is 7.96. The average molecular weight is 384 g/mol. The van der Waals surface area contributed by atoms with Gasteiger partial charge in [0.1, 0.15) is 11.6 Å². The van der Waals surface area contributed by atoms with E-state index in [0.717, 1.165) is 22.0 Å². The van der Waals surface area contributed by atoms with Crippen LogP contribution in [0.3, 0.4) is 0 Å². The van der Waals surface area contributed by atoms with Crippen LogP contribution in [0.4, 0.5) is 14.5 Å². The highest BCUT2D eigenvalue weighted by Gasteiger charge is 2.26. The van der Waals surface area contributed by atoms with Crippen molar-refractivity contribution in [1.29, 1.82) is 0 Å². The summed E-state index contributed by atoms with van der Waals surface area (Å²) < 4.78 is 59.5. The minimum absolute atomic E-state index is 0.140. The summed E-state index contributed by atoms with van der Waals surface area (Å²) in [5, 5.41) is 0. The third-order valence-corrected chi connectivity index (χ3v) is 6.15. The summed E-state index contributed by atoms with van der Waals surface area (Å²) in [6, 6.07) is 9.13. The van der Waals surface area contributed by atoms with Crippen LogP contribution in [0.15, 0.2) is 36.4 Å². The Labute approximate surface area is 152 Å². The molecule has 1 atom stereocenters. The van der Waals surface area contributed by atoms with Crippen LogP contribution in [-0.2, 0) is 16.6 Å². The van der Waals surface area contributed by atoms with Gasteiger partial charge in [0.2, 0.25) is 10.0 Å². The van der Waals surface area contributed by atoms with Crippen LogP contribution in [0.2, 0.25) is 0 Å². The Hall–Kier alpha value is -2.19. The van der Waals surface area contributed by atoms with Gasteiger partial charge in [0.15, 0.2) is 5.82 Å². The first-order chi connectivity index (χ1) is 12.2. The molecule has 142 valence electrons. The van der Waals surface area contributed by atoms with E-state index in [1.807, 2.05) is 0 Å². The second-order valence-electron chi connectivity index (χ2n) is 6.15. The maximum Gasteiger partial charge on any atom is 0.214 e. The number of anilines is 1. The van der Waals surface area contributed by atoms with Crippen molar-refractivity contribution < 1.29 is 21.9 Å². The van der Waals surface area contributed by atoms with Gasteiger partial charge >= 0.3 is 0 Å². The van der Waals surface area contributed by atoms with Crippen LogP contribution in [0.5, 0.6) is 5.75 Å². The van der Waals surface area contributed by atoms with Crippen molar-refractivity contribution in [1.82, 2.24) is 4.31 Å². The molecule has 2 rings (SSSR count). The minimum atomic E-state index is -3.74. The zero-order valence-electron chi connectivity index (χ0n) is 14.9. The fourth-order valence-electron chi connectivity index (χ4n) is 2.65. The summed E-state index contributed by atoms with van der Waals surface area (Å²) in [6.07, 6.45) is 0. The quantitative estimate of drug-likeness (QED) is 0.745. The van der Waals surface area contributed by atoms with Crippen LogP contribution < -0.4 is 10.5 Å².